The van der Waals surface area contributed by atoms with Crippen molar-refractivity contribution in [1.29, 1.82) is 0 Å². The molecular weight excluding hydrogens is 292 g/mol. The number of likely N-dealkylation sites (tertiary alicyclic amines) is 1. The van der Waals surface area contributed by atoms with Crippen LogP contribution in [0.15, 0.2) is 6.07 Å². The number of amides is 1. The van der Waals surface area contributed by atoms with Gasteiger partial charge >= 0.3 is 0 Å². The molecule has 0 spiro atoms. The van der Waals surface area contributed by atoms with Gasteiger partial charge in [-0.15, -0.1) is 0 Å². The fourth-order valence-electron chi connectivity index (χ4n) is 3.21. The zero-order valence-corrected chi connectivity index (χ0v) is 13.9. The van der Waals surface area contributed by atoms with Crippen molar-refractivity contribution in [2.45, 2.75) is 39.5 Å². The SMILES string of the molecule is Cc1cc([C@H]2CCCN(CC(=O)Nc3c(C)n[nH]c3C)C2)n[nH]1. The Bertz CT molecular complexity index is 669. The van der Waals surface area contributed by atoms with E-state index in [1.54, 1.807) is 0 Å². The maximum Gasteiger partial charge on any atom is 0.238 e. The minimum absolute atomic E-state index is 0.0106. The van der Waals surface area contributed by atoms with E-state index < -0.39 is 0 Å². The van der Waals surface area contributed by atoms with Gasteiger partial charge in [0, 0.05) is 18.2 Å². The number of rotatable bonds is 4. The van der Waals surface area contributed by atoms with E-state index >= 15 is 0 Å². The van der Waals surface area contributed by atoms with Gasteiger partial charge < -0.3 is 5.32 Å². The molecule has 3 N–H and O–H groups in total. The Morgan fingerprint density at radius 1 is 1.35 bits per heavy atom. The third-order valence-corrected chi connectivity index (χ3v) is 4.41. The number of aromatic amines is 2. The average Bonchev–Trinajstić information content (AvgIpc) is 3.08. The molecule has 1 fully saturated rings. The maximum atomic E-state index is 12.3. The lowest BCUT2D eigenvalue weighted by molar-refractivity contribution is -0.117. The van der Waals surface area contributed by atoms with Crippen LogP contribution in [0.4, 0.5) is 5.69 Å². The number of hydrogen-bond donors (Lipinski definition) is 3. The first-order valence-electron chi connectivity index (χ1n) is 8.08. The molecule has 7 heteroatoms. The van der Waals surface area contributed by atoms with Crippen LogP contribution in [0.25, 0.3) is 0 Å². The van der Waals surface area contributed by atoms with Crippen LogP contribution in [0.3, 0.4) is 0 Å². The topological polar surface area (TPSA) is 89.7 Å². The van der Waals surface area contributed by atoms with Gasteiger partial charge in [-0.1, -0.05) is 0 Å². The van der Waals surface area contributed by atoms with E-state index in [1.165, 1.54) is 0 Å². The van der Waals surface area contributed by atoms with Gasteiger partial charge in [0.05, 0.1) is 29.3 Å². The highest BCUT2D eigenvalue weighted by molar-refractivity contribution is 5.93. The number of piperidine rings is 1. The number of aromatic nitrogens is 4. The summed E-state index contributed by atoms with van der Waals surface area (Å²) in [5.41, 5.74) is 4.69. The Labute approximate surface area is 135 Å². The molecule has 1 aliphatic rings. The molecule has 1 atom stereocenters. The molecule has 3 heterocycles. The van der Waals surface area contributed by atoms with Crippen molar-refractivity contribution in [3.63, 3.8) is 0 Å². The molecule has 0 unspecified atom stereocenters. The largest absolute Gasteiger partial charge is 0.322 e. The fourth-order valence-corrected chi connectivity index (χ4v) is 3.21. The van der Waals surface area contributed by atoms with E-state index in [1.807, 2.05) is 20.8 Å². The van der Waals surface area contributed by atoms with E-state index in [2.05, 4.69) is 36.7 Å². The summed E-state index contributed by atoms with van der Waals surface area (Å²) in [6.07, 6.45) is 2.22. The molecule has 124 valence electrons. The first-order valence-corrected chi connectivity index (χ1v) is 8.08. The normalized spacial score (nSPS) is 19.0. The molecule has 0 saturated carbocycles. The lowest BCUT2D eigenvalue weighted by Crippen LogP contribution is -2.40. The summed E-state index contributed by atoms with van der Waals surface area (Å²) in [7, 11) is 0. The Balaban J connectivity index is 1.58. The Morgan fingerprint density at radius 2 is 2.17 bits per heavy atom. The Kier molecular flexibility index (Phi) is 4.47. The van der Waals surface area contributed by atoms with Crippen LogP contribution in [-0.4, -0.2) is 50.8 Å². The summed E-state index contributed by atoms with van der Waals surface area (Å²) in [6, 6.07) is 2.10. The first kappa shape index (κ1) is 15.7. The summed E-state index contributed by atoms with van der Waals surface area (Å²) in [4.78, 5) is 14.5. The highest BCUT2D eigenvalue weighted by Gasteiger charge is 2.24. The molecule has 23 heavy (non-hydrogen) atoms. The molecule has 2 aromatic rings. The lowest BCUT2D eigenvalue weighted by atomic mass is 9.94. The smallest absolute Gasteiger partial charge is 0.238 e. The zero-order chi connectivity index (χ0) is 16.4. The van der Waals surface area contributed by atoms with Crippen molar-refractivity contribution >= 4 is 11.6 Å². The standard InChI is InChI=1S/C16H24N6O/c1-10-7-14(21-18-10)13-5-4-6-22(8-13)9-15(23)17-16-11(2)19-20-12(16)3/h7,13H,4-6,8-9H2,1-3H3,(H,17,23)(H,18,21)(H,19,20)/t13-/m0/s1. The van der Waals surface area contributed by atoms with Gasteiger partial charge in [-0.2, -0.15) is 10.2 Å². The van der Waals surface area contributed by atoms with Crippen molar-refractivity contribution in [3.8, 4) is 0 Å². The van der Waals surface area contributed by atoms with Gasteiger partial charge in [0.2, 0.25) is 5.91 Å². The Morgan fingerprint density at radius 3 is 2.83 bits per heavy atom. The monoisotopic (exact) mass is 316 g/mol. The molecule has 0 radical (unpaired) electrons. The molecule has 1 aliphatic heterocycles. The molecule has 1 amide bonds. The highest BCUT2D eigenvalue weighted by atomic mass is 16.2. The van der Waals surface area contributed by atoms with Gasteiger partial charge in [0.15, 0.2) is 0 Å². The van der Waals surface area contributed by atoms with Crippen LogP contribution >= 0.6 is 0 Å². The number of H-pyrrole nitrogens is 2. The summed E-state index contributed by atoms with van der Waals surface area (Å²) in [5.74, 6) is 0.412. The van der Waals surface area contributed by atoms with E-state index in [4.69, 9.17) is 0 Å². The Hall–Kier alpha value is -2.15. The second-order valence-corrected chi connectivity index (χ2v) is 6.41. The molecule has 3 rings (SSSR count). The predicted molar refractivity (Wildman–Crippen MR) is 88.4 cm³/mol. The second-order valence-electron chi connectivity index (χ2n) is 6.41. The quantitative estimate of drug-likeness (QED) is 0.803. The molecule has 2 aromatic heterocycles. The van der Waals surface area contributed by atoms with Crippen molar-refractivity contribution < 1.29 is 4.79 Å². The predicted octanol–water partition coefficient (Wildman–Crippen LogP) is 1.88. The van der Waals surface area contributed by atoms with Crippen LogP contribution in [0.1, 0.15) is 41.5 Å². The third kappa shape index (κ3) is 3.61. The fraction of sp³-hybridized carbons (Fsp3) is 0.562. The minimum atomic E-state index is 0.0106. The number of nitrogens with one attached hydrogen (secondary N) is 3. The van der Waals surface area contributed by atoms with Gasteiger partial charge in [-0.3, -0.25) is 19.9 Å². The van der Waals surface area contributed by atoms with Crippen LogP contribution in [0, 0.1) is 20.8 Å². The molecule has 7 nitrogen and oxygen atoms in total. The van der Waals surface area contributed by atoms with E-state index in [-0.39, 0.29) is 5.91 Å². The zero-order valence-electron chi connectivity index (χ0n) is 13.9. The summed E-state index contributed by atoms with van der Waals surface area (Å²) in [5, 5.41) is 17.3. The summed E-state index contributed by atoms with van der Waals surface area (Å²) in [6.45, 7) is 8.05. The molecule has 1 saturated heterocycles. The number of hydrogen-bond acceptors (Lipinski definition) is 4. The van der Waals surface area contributed by atoms with E-state index in [0.29, 0.717) is 12.5 Å². The molecule has 0 aliphatic carbocycles. The van der Waals surface area contributed by atoms with Crippen LogP contribution in [-0.2, 0) is 4.79 Å². The summed E-state index contributed by atoms with van der Waals surface area (Å²) < 4.78 is 0. The van der Waals surface area contributed by atoms with Gasteiger partial charge in [-0.25, -0.2) is 0 Å². The van der Waals surface area contributed by atoms with Crippen LogP contribution in [0.5, 0.6) is 0 Å². The molecule has 0 aromatic carbocycles. The number of aryl methyl sites for hydroxylation is 3. The van der Waals surface area contributed by atoms with Crippen molar-refractivity contribution in [2.24, 2.45) is 0 Å². The molecule has 0 bridgehead atoms. The minimum Gasteiger partial charge on any atom is -0.322 e. The molecular formula is C16H24N6O. The number of anilines is 1. The van der Waals surface area contributed by atoms with Gasteiger partial charge in [-0.05, 0) is 46.2 Å². The number of carbonyl (C=O) groups excluding carboxylic acids is 1. The van der Waals surface area contributed by atoms with Gasteiger partial charge in [0.25, 0.3) is 0 Å². The van der Waals surface area contributed by atoms with E-state index in [0.717, 1.165) is 54.4 Å². The number of nitrogens with zero attached hydrogens (tertiary/aromatic N) is 3. The lowest BCUT2D eigenvalue weighted by Gasteiger charge is -2.31. The maximum absolute atomic E-state index is 12.3. The van der Waals surface area contributed by atoms with E-state index in [9.17, 15) is 4.79 Å². The first-order chi connectivity index (χ1) is 11.0. The van der Waals surface area contributed by atoms with Crippen molar-refractivity contribution in [2.75, 3.05) is 25.0 Å². The second kappa shape index (κ2) is 6.54. The van der Waals surface area contributed by atoms with Crippen LogP contribution in [0.2, 0.25) is 0 Å². The number of carbonyl (C=O) groups is 1. The third-order valence-electron chi connectivity index (χ3n) is 4.41. The average molecular weight is 316 g/mol. The van der Waals surface area contributed by atoms with Crippen molar-refractivity contribution in [3.05, 3.63) is 28.8 Å². The van der Waals surface area contributed by atoms with Crippen molar-refractivity contribution in [1.82, 2.24) is 25.3 Å². The van der Waals surface area contributed by atoms with Crippen LogP contribution < -0.4 is 5.32 Å². The summed E-state index contributed by atoms with van der Waals surface area (Å²) >= 11 is 0. The van der Waals surface area contributed by atoms with Gasteiger partial charge in [0.1, 0.15) is 0 Å². The highest BCUT2D eigenvalue weighted by Crippen LogP contribution is 2.26.